The lowest BCUT2D eigenvalue weighted by atomic mass is 9.93. The Morgan fingerprint density at radius 3 is 2.81 bits per heavy atom. The molecule has 1 amide bonds. The minimum atomic E-state index is 0.0599. The Balaban J connectivity index is 1.60. The smallest absolute Gasteiger partial charge is 0.264 e. The fraction of sp³-hybridized carbons (Fsp3) is 0.550. The van der Waals surface area contributed by atoms with Gasteiger partial charge in [0, 0.05) is 19.6 Å². The summed E-state index contributed by atoms with van der Waals surface area (Å²) in [4.78, 5) is 25.1. The molecular weight excluding hydrogens is 344 g/mol. The number of nitrogens with zero attached hydrogens (tertiary/aromatic N) is 3. The highest BCUT2D eigenvalue weighted by molar-refractivity contribution is 7.20. The summed E-state index contributed by atoms with van der Waals surface area (Å²) < 4.78 is 0. The molecule has 4 rings (SSSR count). The van der Waals surface area contributed by atoms with Gasteiger partial charge in [-0.15, -0.1) is 11.3 Å². The topological polar surface area (TPSA) is 58.1 Å². The molecular formula is C20H26N4OS. The number of hydrogen-bond acceptors (Lipinski definition) is 5. The molecule has 0 unspecified atom stereocenters. The van der Waals surface area contributed by atoms with Crippen molar-refractivity contribution < 1.29 is 4.79 Å². The molecule has 2 bridgehead atoms. The average molecular weight is 371 g/mol. The predicted molar refractivity (Wildman–Crippen MR) is 107 cm³/mol. The maximum atomic E-state index is 12.8. The van der Waals surface area contributed by atoms with Crippen LogP contribution in [0, 0.1) is 24.7 Å². The molecule has 2 heterocycles. The summed E-state index contributed by atoms with van der Waals surface area (Å²) in [7, 11) is 1.85. The van der Waals surface area contributed by atoms with Crippen LogP contribution in [0.3, 0.4) is 0 Å². The summed E-state index contributed by atoms with van der Waals surface area (Å²) in [5.41, 5.74) is 0.985. The molecule has 1 N–H and O–H groups in total. The molecule has 3 atom stereocenters. The van der Waals surface area contributed by atoms with Crippen LogP contribution < -0.4 is 5.32 Å². The van der Waals surface area contributed by atoms with Gasteiger partial charge in [-0.25, -0.2) is 9.97 Å². The van der Waals surface area contributed by atoms with Crippen molar-refractivity contribution in [3.05, 3.63) is 28.9 Å². The number of fused-ring (bicyclic) bond motifs is 3. The first-order valence-electron chi connectivity index (χ1n) is 9.39. The zero-order valence-electron chi connectivity index (χ0n) is 15.8. The molecule has 0 radical (unpaired) electrons. The fourth-order valence-corrected chi connectivity index (χ4v) is 5.29. The Bertz CT molecular complexity index is 872. The van der Waals surface area contributed by atoms with E-state index in [2.05, 4.69) is 27.4 Å². The number of carbonyl (C=O) groups is 1. The Hall–Kier alpha value is -1.95. The van der Waals surface area contributed by atoms with Crippen LogP contribution in [0.25, 0.3) is 10.2 Å². The van der Waals surface area contributed by atoms with E-state index in [0.717, 1.165) is 38.9 Å². The molecule has 6 heteroatoms. The molecule has 2 aliphatic rings. The second-order valence-electron chi connectivity index (χ2n) is 7.89. The zero-order chi connectivity index (χ0) is 18.4. The van der Waals surface area contributed by atoms with Crippen LogP contribution in [0.1, 0.15) is 41.9 Å². The Morgan fingerprint density at radius 1 is 1.35 bits per heavy atom. The Labute approximate surface area is 158 Å². The molecule has 0 spiro atoms. The first kappa shape index (κ1) is 17.5. The summed E-state index contributed by atoms with van der Waals surface area (Å²) in [5.74, 6) is 3.09. The number of allylic oxidation sites excluding steroid dienone is 2. The summed E-state index contributed by atoms with van der Waals surface area (Å²) in [6, 6.07) is 0.168. The van der Waals surface area contributed by atoms with Crippen LogP contribution in [-0.4, -0.2) is 40.4 Å². The van der Waals surface area contributed by atoms with E-state index in [1.54, 1.807) is 11.2 Å². The van der Waals surface area contributed by atoms with Crippen molar-refractivity contribution in [3.63, 3.8) is 0 Å². The molecule has 5 nitrogen and oxygen atoms in total. The van der Waals surface area contributed by atoms with Gasteiger partial charge in [0.1, 0.15) is 17.0 Å². The van der Waals surface area contributed by atoms with Crippen molar-refractivity contribution in [3.8, 4) is 0 Å². The third-order valence-electron chi connectivity index (χ3n) is 5.96. The molecule has 2 aromatic heterocycles. The van der Waals surface area contributed by atoms with E-state index in [9.17, 15) is 4.79 Å². The predicted octanol–water partition coefficient (Wildman–Crippen LogP) is 4.10. The quantitative estimate of drug-likeness (QED) is 0.805. The lowest BCUT2D eigenvalue weighted by Crippen LogP contribution is -2.32. The summed E-state index contributed by atoms with van der Waals surface area (Å²) in [6.07, 6.45) is 8.93. The number of carbonyl (C=O) groups excluding carboxylic acids is 1. The van der Waals surface area contributed by atoms with Gasteiger partial charge in [-0.3, -0.25) is 4.79 Å². The van der Waals surface area contributed by atoms with Crippen LogP contribution in [0.4, 0.5) is 5.82 Å². The van der Waals surface area contributed by atoms with Crippen LogP contribution >= 0.6 is 11.3 Å². The van der Waals surface area contributed by atoms with E-state index in [0.29, 0.717) is 11.8 Å². The third kappa shape index (κ3) is 2.90. The standard InChI is InChI=1S/C20H26N4OS/c1-11(2)24(4)20(25)17-12(3)16-18(22-10-23-19(16)26-17)21-9-15-8-13-5-6-14(15)7-13/h5-6,10-11,13-15H,7-9H2,1-4H3,(H,21,22,23)/t13-,14+,15-/m1/s1. The Morgan fingerprint density at radius 2 is 2.15 bits per heavy atom. The second kappa shape index (κ2) is 6.65. The highest BCUT2D eigenvalue weighted by Gasteiger charge is 2.35. The molecule has 1 saturated carbocycles. The van der Waals surface area contributed by atoms with Gasteiger partial charge in [0.2, 0.25) is 0 Å². The molecule has 138 valence electrons. The van der Waals surface area contributed by atoms with Crippen molar-refractivity contribution in [2.75, 3.05) is 18.9 Å². The van der Waals surface area contributed by atoms with Gasteiger partial charge in [0.15, 0.2) is 0 Å². The monoisotopic (exact) mass is 370 g/mol. The molecule has 1 fully saturated rings. The van der Waals surface area contributed by atoms with Crippen LogP contribution in [0.5, 0.6) is 0 Å². The van der Waals surface area contributed by atoms with Crippen molar-refractivity contribution in [1.82, 2.24) is 14.9 Å². The summed E-state index contributed by atoms with van der Waals surface area (Å²) >= 11 is 1.47. The number of aryl methyl sites for hydroxylation is 1. The lowest BCUT2D eigenvalue weighted by Gasteiger charge is -2.21. The normalized spacial score (nSPS) is 24.0. The van der Waals surface area contributed by atoms with Crippen LogP contribution in [0.2, 0.25) is 0 Å². The zero-order valence-corrected chi connectivity index (χ0v) is 16.6. The largest absolute Gasteiger partial charge is 0.369 e. The minimum Gasteiger partial charge on any atom is -0.369 e. The molecule has 2 aromatic rings. The van der Waals surface area contributed by atoms with E-state index in [1.165, 1.54) is 24.2 Å². The SMILES string of the molecule is Cc1c(C(=O)N(C)C(C)C)sc2ncnc(NC[C@H]3C[C@@H]4C=C[C@H]3C4)c12. The minimum absolute atomic E-state index is 0.0599. The number of nitrogens with one attached hydrogen (secondary N) is 1. The molecule has 0 saturated heterocycles. The van der Waals surface area contributed by atoms with Gasteiger partial charge in [-0.2, -0.15) is 0 Å². The van der Waals surface area contributed by atoms with Gasteiger partial charge in [0.25, 0.3) is 5.91 Å². The van der Waals surface area contributed by atoms with Gasteiger partial charge in [-0.05, 0) is 56.9 Å². The summed E-state index contributed by atoms with van der Waals surface area (Å²) in [5, 5.41) is 4.55. The summed E-state index contributed by atoms with van der Waals surface area (Å²) in [6.45, 7) is 6.99. The molecule has 0 aliphatic heterocycles. The van der Waals surface area contributed by atoms with E-state index < -0.39 is 0 Å². The number of anilines is 1. The molecule has 0 aromatic carbocycles. The lowest BCUT2D eigenvalue weighted by molar-refractivity contribution is 0.0759. The van der Waals surface area contributed by atoms with Crippen molar-refractivity contribution in [2.24, 2.45) is 17.8 Å². The average Bonchev–Trinajstić information content (AvgIpc) is 3.33. The van der Waals surface area contributed by atoms with Gasteiger partial charge in [0.05, 0.1) is 10.3 Å². The first-order chi connectivity index (χ1) is 12.5. The number of hydrogen-bond donors (Lipinski definition) is 1. The highest BCUT2D eigenvalue weighted by Crippen LogP contribution is 2.43. The highest BCUT2D eigenvalue weighted by atomic mass is 32.1. The van der Waals surface area contributed by atoms with Crippen LogP contribution in [-0.2, 0) is 0 Å². The van der Waals surface area contributed by atoms with Crippen molar-refractivity contribution in [2.45, 2.75) is 39.7 Å². The maximum absolute atomic E-state index is 12.8. The van der Waals surface area contributed by atoms with Gasteiger partial charge >= 0.3 is 0 Å². The number of rotatable bonds is 5. The Kier molecular flexibility index (Phi) is 4.47. The maximum Gasteiger partial charge on any atom is 0.264 e. The van der Waals surface area contributed by atoms with Gasteiger partial charge < -0.3 is 10.2 Å². The first-order valence-corrected chi connectivity index (χ1v) is 10.2. The fourth-order valence-electron chi connectivity index (χ4n) is 4.16. The van der Waals surface area contributed by atoms with E-state index in [-0.39, 0.29) is 11.9 Å². The molecule has 26 heavy (non-hydrogen) atoms. The van der Waals surface area contributed by atoms with Crippen molar-refractivity contribution >= 4 is 33.3 Å². The molecule has 2 aliphatic carbocycles. The van der Waals surface area contributed by atoms with Crippen molar-refractivity contribution in [1.29, 1.82) is 0 Å². The second-order valence-corrected chi connectivity index (χ2v) is 8.89. The number of aromatic nitrogens is 2. The number of amides is 1. The number of thiophene rings is 1. The van der Waals surface area contributed by atoms with E-state index in [1.807, 2.05) is 27.8 Å². The van der Waals surface area contributed by atoms with E-state index >= 15 is 0 Å². The van der Waals surface area contributed by atoms with Gasteiger partial charge in [-0.1, -0.05) is 12.2 Å². The van der Waals surface area contributed by atoms with E-state index in [4.69, 9.17) is 0 Å². The third-order valence-corrected chi connectivity index (χ3v) is 7.15. The van der Waals surface area contributed by atoms with Crippen LogP contribution in [0.15, 0.2) is 18.5 Å².